The van der Waals surface area contributed by atoms with E-state index in [9.17, 15) is 10.4 Å². The van der Waals surface area contributed by atoms with Crippen LogP contribution < -0.4 is 0 Å². The van der Waals surface area contributed by atoms with E-state index in [-0.39, 0.29) is 0 Å². The Morgan fingerprint density at radius 2 is 1.82 bits per heavy atom. The van der Waals surface area contributed by atoms with Gasteiger partial charge >= 0.3 is 0 Å². The monoisotopic (exact) mass is 157 g/mol. The number of hydrogen-bond donors (Lipinski definition) is 0. The zero-order chi connectivity index (χ0) is 8.86. The van der Waals surface area contributed by atoms with Gasteiger partial charge < -0.3 is 5.21 Å². The van der Waals surface area contributed by atoms with Crippen molar-refractivity contribution >= 4 is 6.21 Å². The predicted octanol–water partition coefficient (Wildman–Crippen LogP) is 0.743. The van der Waals surface area contributed by atoms with E-state index in [0.717, 1.165) is 5.06 Å². The van der Waals surface area contributed by atoms with Gasteiger partial charge in [-0.1, -0.05) is 5.06 Å². The molecule has 0 saturated heterocycles. The predicted molar refractivity (Wildman–Crippen MR) is 40.4 cm³/mol. The molecule has 0 atom stereocenters. The summed E-state index contributed by atoms with van der Waals surface area (Å²) >= 11 is 0. The van der Waals surface area contributed by atoms with E-state index in [0.29, 0.717) is 4.74 Å². The average molecular weight is 157 g/mol. The largest absolute Gasteiger partial charge is 0.623 e. The fraction of sp³-hybridized carbons (Fsp3) is 0.857. The quantitative estimate of drug-likeness (QED) is 0.384. The van der Waals surface area contributed by atoms with Crippen LogP contribution >= 0.6 is 0 Å². The summed E-state index contributed by atoms with van der Waals surface area (Å²) in [6.45, 7) is 6.66. The molecule has 63 valence electrons. The van der Waals surface area contributed by atoms with Crippen molar-refractivity contribution in [2.45, 2.75) is 38.9 Å². The van der Waals surface area contributed by atoms with Gasteiger partial charge in [0.1, 0.15) is 5.54 Å². The molecule has 11 heavy (non-hydrogen) atoms. The molecule has 1 rings (SSSR count). The molecular formula is C7H13N2O2. The SMILES string of the molecule is CC1(C)C=[N+]([O-])C(C)(C)N1[O]. The van der Waals surface area contributed by atoms with Gasteiger partial charge in [0.15, 0.2) is 6.21 Å². The van der Waals surface area contributed by atoms with Crippen molar-refractivity contribution in [2.24, 2.45) is 0 Å². The van der Waals surface area contributed by atoms with Gasteiger partial charge in [-0.15, -0.1) is 5.21 Å². The van der Waals surface area contributed by atoms with Crippen molar-refractivity contribution in [3.8, 4) is 0 Å². The van der Waals surface area contributed by atoms with Crippen molar-refractivity contribution < 1.29 is 9.95 Å². The molecule has 0 unspecified atom stereocenters. The van der Waals surface area contributed by atoms with Crippen LogP contribution in [0.25, 0.3) is 0 Å². The average Bonchev–Trinajstić information content (AvgIpc) is 1.94. The van der Waals surface area contributed by atoms with Crippen LogP contribution in [0.1, 0.15) is 27.7 Å². The van der Waals surface area contributed by atoms with Gasteiger partial charge in [-0.05, 0) is 13.8 Å². The summed E-state index contributed by atoms with van der Waals surface area (Å²) in [4.78, 5) is 0. The molecule has 0 fully saturated rings. The maximum absolute atomic E-state index is 11.4. The minimum absolute atomic E-state index is 0.675. The summed E-state index contributed by atoms with van der Waals surface area (Å²) < 4.78 is 0.708. The summed E-state index contributed by atoms with van der Waals surface area (Å²) in [6.07, 6.45) is 1.40. The molecule has 1 heterocycles. The van der Waals surface area contributed by atoms with E-state index < -0.39 is 11.2 Å². The van der Waals surface area contributed by atoms with E-state index in [1.165, 1.54) is 6.21 Å². The van der Waals surface area contributed by atoms with Gasteiger partial charge in [0.25, 0.3) is 0 Å². The standard InChI is InChI=1S/C7H13N2O2/c1-6(2)5-8(10)7(3,4)9(6)11/h5H,1-4H3. The summed E-state index contributed by atoms with van der Waals surface area (Å²) in [5.74, 6) is 0. The summed E-state index contributed by atoms with van der Waals surface area (Å²) in [6, 6.07) is 0. The molecule has 0 aromatic rings. The fourth-order valence-corrected chi connectivity index (χ4v) is 1.29. The first-order chi connectivity index (χ1) is 4.78. The first kappa shape index (κ1) is 8.49. The van der Waals surface area contributed by atoms with Gasteiger partial charge in [-0.3, -0.25) is 0 Å². The molecule has 0 aliphatic carbocycles. The summed E-state index contributed by atoms with van der Waals surface area (Å²) in [5, 5.41) is 23.4. The second kappa shape index (κ2) is 1.95. The van der Waals surface area contributed by atoms with Crippen molar-refractivity contribution in [1.82, 2.24) is 5.06 Å². The third-order valence-electron chi connectivity index (χ3n) is 1.99. The minimum Gasteiger partial charge on any atom is -0.623 e. The van der Waals surface area contributed by atoms with Gasteiger partial charge in [0, 0.05) is 13.8 Å². The van der Waals surface area contributed by atoms with Crippen LogP contribution in [-0.4, -0.2) is 27.2 Å². The van der Waals surface area contributed by atoms with Crippen LogP contribution in [0.3, 0.4) is 0 Å². The van der Waals surface area contributed by atoms with Crippen molar-refractivity contribution in [3.63, 3.8) is 0 Å². The number of nitrogens with zero attached hydrogens (tertiary/aromatic N) is 2. The lowest BCUT2D eigenvalue weighted by Crippen LogP contribution is -2.49. The van der Waals surface area contributed by atoms with Crippen LogP contribution in [0.5, 0.6) is 0 Å². The van der Waals surface area contributed by atoms with Crippen molar-refractivity contribution in [2.75, 3.05) is 0 Å². The molecular weight excluding hydrogens is 144 g/mol. The second-order valence-corrected chi connectivity index (χ2v) is 3.90. The van der Waals surface area contributed by atoms with E-state index in [1.807, 2.05) is 0 Å². The Morgan fingerprint density at radius 3 is 1.91 bits per heavy atom. The van der Waals surface area contributed by atoms with Gasteiger partial charge in [-0.2, -0.15) is 4.74 Å². The molecule has 0 spiro atoms. The Morgan fingerprint density at radius 1 is 1.36 bits per heavy atom. The highest BCUT2D eigenvalue weighted by molar-refractivity contribution is 5.65. The normalized spacial score (nSPS) is 28.6. The highest BCUT2D eigenvalue weighted by Crippen LogP contribution is 2.28. The Hall–Kier alpha value is -0.610. The third kappa shape index (κ3) is 1.02. The zero-order valence-electron chi connectivity index (χ0n) is 7.29. The van der Waals surface area contributed by atoms with E-state index >= 15 is 0 Å². The Bertz CT molecular complexity index is 208. The smallest absolute Gasteiger partial charge is 0.248 e. The van der Waals surface area contributed by atoms with Crippen molar-refractivity contribution in [3.05, 3.63) is 5.21 Å². The molecule has 4 nitrogen and oxygen atoms in total. The van der Waals surface area contributed by atoms with E-state index in [4.69, 9.17) is 0 Å². The van der Waals surface area contributed by atoms with Gasteiger partial charge in [0.05, 0.1) is 0 Å². The molecule has 1 radical (unpaired) electrons. The first-order valence-corrected chi connectivity index (χ1v) is 3.58. The lowest BCUT2D eigenvalue weighted by Gasteiger charge is -2.27. The first-order valence-electron chi connectivity index (χ1n) is 3.58. The molecule has 1 aliphatic heterocycles. The third-order valence-corrected chi connectivity index (χ3v) is 1.99. The lowest BCUT2D eigenvalue weighted by molar-refractivity contribution is -0.584. The molecule has 0 aromatic heterocycles. The Balaban J connectivity index is 3.04. The summed E-state index contributed by atoms with van der Waals surface area (Å²) in [5.41, 5.74) is -1.63. The zero-order valence-corrected chi connectivity index (χ0v) is 7.29. The maximum Gasteiger partial charge on any atom is 0.248 e. The molecule has 4 heteroatoms. The molecule has 0 saturated carbocycles. The topological polar surface area (TPSA) is 49.2 Å². The fourth-order valence-electron chi connectivity index (χ4n) is 1.29. The second-order valence-electron chi connectivity index (χ2n) is 3.90. The van der Waals surface area contributed by atoms with Crippen LogP contribution in [0.4, 0.5) is 0 Å². The van der Waals surface area contributed by atoms with Crippen LogP contribution in [-0.2, 0) is 5.21 Å². The van der Waals surface area contributed by atoms with Gasteiger partial charge in [0.2, 0.25) is 5.66 Å². The Kier molecular flexibility index (Phi) is 1.51. The van der Waals surface area contributed by atoms with Crippen LogP contribution in [0.15, 0.2) is 0 Å². The molecule has 1 aliphatic rings. The molecule has 0 N–H and O–H groups in total. The number of hydroxylamine groups is 3. The number of rotatable bonds is 0. The minimum atomic E-state index is -0.955. The van der Waals surface area contributed by atoms with E-state index in [1.54, 1.807) is 27.7 Å². The van der Waals surface area contributed by atoms with Crippen LogP contribution in [0, 0.1) is 5.21 Å². The lowest BCUT2D eigenvalue weighted by atomic mass is 10.1. The summed E-state index contributed by atoms with van der Waals surface area (Å²) in [7, 11) is 0. The Labute approximate surface area is 66.3 Å². The highest BCUT2D eigenvalue weighted by Gasteiger charge is 2.51. The molecule has 0 aromatic carbocycles. The molecule has 0 bridgehead atoms. The maximum atomic E-state index is 11.4. The van der Waals surface area contributed by atoms with Crippen molar-refractivity contribution in [1.29, 1.82) is 0 Å². The van der Waals surface area contributed by atoms with E-state index in [2.05, 4.69) is 0 Å². The van der Waals surface area contributed by atoms with Gasteiger partial charge in [-0.25, -0.2) is 0 Å². The molecule has 0 amide bonds. The van der Waals surface area contributed by atoms with Crippen LogP contribution in [0.2, 0.25) is 0 Å². The number of hydrogen-bond acceptors (Lipinski definition) is 2. The highest BCUT2D eigenvalue weighted by atomic mass is 16.6.